The summed E-state index contributed by atoms with van der Waals surface area (Å²) < 4.78 is 4.50. The summed E-state index contributed by atoms with van der Waals surface area (Å²) in [6, 6.07) is 6.21. The summed E-state index contributed by atoms with van der Waals surface area (Å²) in [6.07, 6.45) is 2.18. The molecule has 160 valence electrons. The van der Waals surface area contributed by atoms with Gasteiger partial charge < -0.3 is 20.3 Å². The smallest absolute Gasteiger partial charge is 0.315 e. The fourth-order valence-corrected chi connectivity index (χ4v) is 2.60. The number of rotatable bonds is 9. The van der Waals surface area contributed by atoms with Crippen LogP contribution in [0.4, 0.5) is 10.5 Å². The lowest BCUT2D eigenvalue weighted by molar-refractivity contribution is -0.140. The number of esters is 1. The number of benzene rings is 1. The number of methoxy groups -OCH3 is 1. The van der Waals surface area contributed by atoms with Gasteiger partial charge in [-0.1, -0.05) is 12.1 Å². The van der Waals surface area contributed by atoms with Gasteiger partial charge in [-0.05, 0) is 31.0 Å². The Morgan fingerprint density at radius 2 is 2.03 bits per heavy atom. The summed E-state index contributed by atoms with van der Waals surface area (Å²) in [5.74, 6) is -0.590. The number of halogens is 1. The zero-order valence-electron chi connectivity index (χ0n) is 16.3. The molecule has 1 aliphatic heterocycles. The summed E-state index contributed by atoms with van der Waals surface area (Å²) >= 11 is 0. The normalized spacial score (nSPS) is 15.7. The Morgan fingerprint density at radius 3 is 2.69 bits per heavy atom. The van der Waals surface area contributed by atoms with E-state index in [1.807, 2.05) is 31.2 Å². The van der Waals surface area contributed by atoms with Gasteiger partial charge in [-0.2, -0.15) is 10.7 Å². The summed E-state index contributed by atoms with van der Waals surface area (Å²) in [4.78, 5) is 42.0. The standard InChI is InChI=1S/C18H25N5O5.ClH/c1-3-28-22-20-12-13-4-6-14(7-5-13)23-11-9-15(17(23)25)21-18(26)19-10-8-16(24)27-2;/h4-7,12,15,22H,3,8-11H2,1-2H3,(H2,19,21,26);1H/t15-;/m0./s1. The number of hydrazone groups is 1. The van der Waals surface area contributed by atoms with Gasteiger partial charge in [0.2, 0.25) is 5.91 Å². The average Bonchev–Trinajstić information content (AvgIpc) is 3.06. The number of nitrogens with zero attached hydrogens (tertiary/aromatic N) is 2. The van der Waals surface area contributed by atoms with Crippen LogP contribution in [-0.2, 0) is 19.2 Å². The van der Waals surface area contributed by atoms with Crippen molar-refractivity contribution in [1.82, 2.24) is 16.2 Å². The number of urea groups is 1. The fraction of sp³-hybridized carbons (Fsp3) is 0.444. The molecule has 0 radical (unpaired) electrons. The van der Waals surface area contributed by atoms with Gasteiger partial charge in [0, 0.05) is 18.8 Å². The Kier molecular flexibility index (Phi) is 10.5. The highest BCUT2D eigenvalue weighted by molar-refractivity contribution is 6.01. The van der Waals surface area contributed by atoms with Crippen molar-refractivity contribution in [2.45, 2.75) is 25.8 Å². The fourth-order valence-electron chi connectivity index (χ4n) is 2.60. The highest BCUT2D eigenvalue weighted by Gasteiger charge is 2.33. The van der Waals surface area contributed by atoms with Crippen LogP contribution < -0.4 is 21.1 Å². The van der Waals surface area contributed by atoms with E-state index >= 15 is 0 Å². The third-order valence-electron chi connectivity index (χ3n) is 4.03. The van der Waals surface area contributed by atoms with Gasteiger partial charge in [0.25, 0.3) is 0 Å². The Morgan fingerprint density at radius 1 is 1.31 bits per heavy atom. The molecule has 3 amide bonds. The summed E-state index contributed by atoms with van der Waals surface area (Å²) in [6.45, 7) is 3.00. The number of carbonyl (C=O) groups is 3. The van der Waals surface area contributed by atoms with E-state index in [2.05, 4.69) is 26.1 Å². The van der Waals surface area contributed by atoms with E-state index in [4.69, 9.17) is 4.84 Å². The molecule has 1 aliphatic rings. The molecule has 0 unspecified atom stereocenters. The van der Waals surface area contributed by atoms with E-state index in [0.29, 0.717) is 19.6 Å². The maximum absolute atomic E-state index is 12.6. The molecule has 1 saturated heterocycles. The molecule has 0 saturated carbocycles. The van der Waals surface area contributed by atoms with E-state index < -0.39 is 18.0 Å². The van der Waals surface area contributed by atoms with Gasteiger partial charge in [0.15, 0.2) is 0 Å². The van der Waals surface area contributed by atoms with Crippen LogP contribution in [0.25, 0.3) is 0 Å². The van der Waals surface area contributed by atoms with Crippen molar-refractivity contribution in [3.05, 3.63) is 29.8 Å². The molecule has 0 aromatic heterocycles. The summed E-state index contributed by atoms with van der Waals surface area (Å²) in [5, 5.41) is 9.07. The highest BCUT2D eigenvalue weighted by Crippen LogP contribution is 2.21. The van der Waals surface area contributed by atoms with E-state index in [0.717, 1.165) is 11.3 Å². The molecule has 1 atom stereocenters. The molecule has 10 nitrogen and oxygen atoms in total. The molecule has 29 heavy (non-hydrogen) atoms. The zero-order valence-corrected chi connectivity index (χ0v) is 17.2. The third-order valence-corrected chi connectivity index (χ3v) is 4.03. The number of amides is 3. The zero-order chi connectivity index (χ0) is 20.4. The predicted octanol–water partition coefficient (Wildman–Crippen LogP) is 0.951. The van der Waals surface area contributed by atoms with E-state index in [9.17, 15) is 14.4 Å². The van der Waals surface area contributed by atoms with Crippen molar-refractivity contribution < 1.29 is 24.0 Å². The molecule has 0 aliphatic carbocycles. The van der Waals surface area contributed by atoms with Gasteiger partial charge in [-0.15, -0.1) is 12.4 Å². The molecular weight excluding hydrogens is 402 g/mol. The van der Waals surface area contributed by atoms with Gasteiger partial charge in [0.1, 0.15) is 6.04 Å². The van der Waals surface area contributed by atoms with Crippen molar-refractivity contribution in [2.75, 3.05) is 31.7 Å². The number of anilines is 1. The van der Waals surface area contributed by atoms with Crippen LogP contribution >= 0.6 is 12.4 Å². The first-order chi connectivity index (χ1) is 13.5. The van der Waals surface area contributed by atoms with E-state index in [1.165, 1.54) is 7.11 Å². The van der Waals surface area contributed by atoms with Crippen LogP contribution in [0, 0.1) is 0 Å². The maximum Gasteiger partial charge on any atom is 0.315 e. The van der Waals surface area contributed by atoms with Crippen molar-refractivity contribution in [1.29, 1.82) is 0 Å². The monoisotopic (exact) mass is 427 g/mol. The lowest BCUT2D eigenvalue weighted by Gasteiger charge is -2.17. The van der Waals surface area contributed by atoms with Crippen LogP contribution in [0.3, 0.4) is 0 Å². The Balaban J connectivity index is 0.00000420. The second-order valence-corrected chi connectivity index (χ2v) is 5.93. The maximum atomic E-state index is 12.6. The Bertz CT molecular complexity index is 713. The second kappa shape index (κ2) is 12.6. The minimum absolute atomic E-state index is 0. The number of hydrogen-bond donors (Lipinski definition) is 3. The average molecular weight is 428 g/mol. The number of carbonyl (C=O) groups excluding carboxylic acids is 3. The molecule has 11 heteroatoms. The number of nitrogens with one attached hydrogen (secondary N) is 3. The summed E-state index contributed by atoms with van der Waals surface area (Å²) in [5.41, 5.74) is 4.04. The van der Waals surface area contributed by atoms with Crippen molar-refractivity contribution in [3.63, 3.8) is 0 Å². The van der Waals surface area contributed by atoms with Crippen LogP contribution in [-0.4, -0.2) is 57.0 Å². The number of ether oxygens (including phenoxy) is 1. The summed E-state index contributed by atoms with van der Waals surface area (Å²) in [7, 11) is 1.28. The SMILES string of the molecule is CCONN=Cc1ccc(N2CC[C@H](NC(=O)NCCC(=O)OC)C2=O)cc1.Cl. The van der Waals surface area contributed by atoms with Crippen LogP contribution in [0.5, 0.6) is 0 Å². The first kappa shape index (κ1) is 24.2. The lowest BCUT2D eigenvalue weighted by Crippen LogP contribution is -2.46. The van der Waals surface area contributed by atoms with Crippen LogP contribution in [0.15, 0.2) is 29.4 Å². The highest BCUT2D eigenvalue weighted by atomic mass is 35.5. The first-order valence-electron chi connectivity index (χ1n) is 8.97. The van der Waals surface area contributed by atoms with Crippen LogP contribution in [0.2, 0.25) is 0 Å². The third kappa shape index (κ3) is 7.59. The lowest BCUT2D eigenvalue weighted by atomic mass is 10.2. The van der Waals surface area contributed by atoms with Crippen molar-refractivity contribution in [2.24, 2.45) is 5.10 Å². The van der Waals surface area contributed by atoms with Crippen molar-refractivity contribution in [3.8, 4) is 0 Å². The topological polar surface area (TPSA) is 121 Å². The molecular formula is C18H26ClN5O5. The second-order valence-electron chi connectivity index (χ2n) is 5.93. The molecule has 0 spiro atoms. The molecule has 1 heterocycles. The predicted molar refractivity (Wildman–Crippen MR) is 110 cm³/mol. The molecule has 1 fully saturated rings. The van der Waals surface area contributed by atoms with E-state index in [-0.39, 0.29) is 31.3 Å². The number of hydrogen-bond acceptors (Lipinski definition) is 7. The largest absolute Gasteiger partial charge is 0.469 e. The van der Waals surface area contributed by atoms with Gasteiger partial charge >= 0.3 is 12.0 Å². The Labute approximate surface area is 175 Å². The molecule has 1 aromatic carbocycles. The quantitative estimate of drug-likeness (QED) is 0.233. The van der Waals surface area contributed by atoms with Gasteiger partial charge in [-0.25, -0.2) is 4.79 Å². The van der Waals surface area contributed by atoms with Gasteiger partial charge in [0.05, 0.1) is 26.4 Å². The molecule has 1 aromatic rings. The Hall–Kier alpha value is -2.85. The first-order valence-corrected chi connectivity index (χ1v) is 8.97. The molecule has 3 N–H and O–H groups in total. The molecule has 0 bridgehead atoms. The van der Waals surface area contributed by atoms with Crippen molar-refractivity contribution >= 4 is 42.2 Å². The molecule has 2 rings (SSSR count). The van der Waals surface area contributed by atoms with Gasteiger partial charge in [-0.3, -0.25) is 14.4 Å². The van der Waals surface area contributed by atoms with E-state index in [1.54, 1.807) is 11.1 Å². The van der Waals surface area contributed by atoms with Crippen LogP contribution in [0.1, 0.15) is 25.3 Å². The minimum Gasteiger partial charge on any atom is -0.469 e. The minimum atomic E-state index is -0.602.